The van der Waals surface area contributed by atoms with E-state index in [0.29, 0.717) is 60.6 Å². The van der Waals surface area contributed by atoms with Crippen LogP contribution in [0.4, 0.5) is 0 Å². The van der Waals surface area contributed by atoms with Gasteiger partial charge in [0.15, 0.2) is 0 Å². The average molecular weight is 1460 g/mol. The van der Waals surface area contributed by atoms with Crippen LogP contribution in [0.2, 0.25) is 0 Å². The van der Waals surface area contributed by atoms with Crippen LogP contribution in [-0.2, 0) is 0 Å². The van der Waals surface area contributed by atoms with Crippen LogP contribution in [0, 0.1) is 0 Å². The van der Waals surface area contributed by atoms with E-state index in [0.717, 1.165) is 10.8 Å². The van der Waals surface area contributed by atoms with Gasteiger partial charge in [0.05, 0.1) is 61.7 Å². The zero-order valence-electron chi connectivity index (χ0n) is 102. The first kappa shape index (κ1) is 33.2. The highest BCUT2D eigenvalue weighted by Gasteiger charge is 2.25. The largest absolute Gasteiger partial charge is 0.456 e. The third-order valence-corrected chi connectivity index (χ3v) is 19.7. The van der Waals surface area contributed by atoms with Crippen molar-refractivity contribution in [3.05, 3.63) is 399 Å². The van der Waals surface area contributed by atoms with Crippen LogP contribution in [-0.4, -0.2) is 0 Å². The predicted octanol–water partition coefficient (Wildman–Crippen LogP) is 31.1. The van der Waals surface area contributed by atoms with E-state index in [9.17, 15) is 20.6 Å². The normalized spacial score (nSPS) is 17.5. The summed E-state index contributed by atoms with van der Waals surface area (Å²) in [5, 5.41) is -1.60. The Morgan fingerprint density at radius 1 is 0.180 bits per heavy atom. The second kappa shape index (κ2) is 26.1. The number of para-hydroxylation sites is 4. The minimum atomic E-state index is -0.758. The van der Waals surface area contributed by atoms with E-state index in [1.54, 1.807) is 103 Å². The topological polar surface area (TPSA) is 39.4 Å². The van der Waals surface area contributed by atoms with Gasteiger partial charge in [0.25, 0.3) is 0 Å². The minimum Gasteiger partial charge on any atom is -0.456 e. The molecule has 0 amide bonds. The van der Waals surface area contributed by atoms with Gasteiger partial charge in [-0.2, -0.15) is 0 Å². The van der Waals surface area contributed by atoms with Gasteiger partial charge >= 0.3 is 0 Å². The molecule has 0 bridgehead atoms. The molecule has 0 saturated carbocycles. The maximum absolute atomic E-state index is 9.36. The lowest BCUT2D eigenvalue weighted by molar-refractivity contribution is 0.668. The number of furan rings is 3. The zero-order valence-corrected chi connectivity index (χ0v) is 56.8. The Morgan fingerprint density at radius 3 is 1.05 bits per heavy atom. The lowest BCUT2D eigenvalue weighted by Gasteiger charge is -2.18. The molecule has 0 unspecified atom stereocenters. The highest BCUT2D eigenvalue weighted by Crippen LogP contribution is 2.51. The molecule has 3 aromatic heterocycles. The third-order valence-electron chi connectivity index (χ3n) is 19.7. The van der Waals surface area contributed by atoms with Gasteiger partial charge in [0.2, 0.25) is 0 Å². The monoisotopic (exact) mass is 1460 g/mol. The molecular formula is C108H66O3. The summed E-state index contributed by atoms with van der Waals surface area (Å²) in [4.78, 5) is 0. The Kier molecular flexibility index (Phi) is 7.82. The maximum Gasteiger partial charge on any atom is 0.143 e. The number of benzene rings is 21. The lowest BCUT2D eigenvalue weighted by Crippen LogP contribution is -1.91. The summed E-state index contributed by atoms with van der Waals surface area (Å²) in [6.45, 7) is 0. The van der Waals surface area contributed by atoms with Gasteiger partial charge in [-0.25, -0.2) is 0 Å². The molecule has 21 aromatic carbocycles. The number of hydrogen-bond donors (Lipinski definition) is 0. The molecule has 0 atom stereocenters. The summed E-state index contributed by atoms with van der Waals surface area (Å²) in [5.41, 5.74) is 1.16. The quantitative estimate of drug-likeness (QED) is 0.156. The lowest BCUT2D eigenvalue weighted by atomic mass is 9.84. The molecule has 3 heteroatoms. The summed E-state index contributed by atoms with van der Waals surface area (Å²) in [6, 6.07) is 6.42. The van der Waals surface area contributed by atoms with E-state index in [1.165, 1.54) is 0 Å². The predicted molar refractivity (Wildman–Crippen MR) is 471 cm³/mol. The van der Waals surface area contributed by atoms with Crippen LogP contribution in [0.25, 0.3) is 230 Å². The van der Waals surface area contributed by atoms with Crippen LogP contribution in [0.3, 0.4) is 0 Å². The van der Waals surface area contributed by atoms with Crippen molar-refractivity contribution in [2.75, 3.05) is 0 Å². The molecule has 0 saturated heterocycles. The molecule has 3 nitrogen and oxygen atoms in total. The SMILES string of the molecule is [2H]c1c([2H])c([2H])c2c(-c3c4c([2H])c([2H])c([2H])c([2H])c4c(-c4cccc5c4oc4ccccc45)c4c([2H])c([2H])c([2H])c([2H])c34)c([2H])c([2H])c([2H])c2c1[2H].[2H]c1c([2H])c([2H])c2c([2H])c(-c3c4c([2H])c([2H])c([2H])c([2H])c4c(-c4ccc5oc6ccccc6c5c4)c4c([2H])c([2H])c([2H])c([2H])c34)c([2H])c([2H])c2c1[2H].[2H]c1c([2H])c([2H])c2c([2H])c(-c3c4c([2H])c([2H])c([2H])c([2H])c4c(-c4cccc5oc6ccccc6c45)c4c([2H])c([2H])c([2H])c([2H])c34)c([2H])c([2H])c2c1[2H]. The Balaban J connectivity index is 0.000000131. The van der Waals surface area contributed by atoms with Gasteiger partial charge in [-0.1, -0.05) is 351 Å². The molecule has 0 fully saturated rings. The molecule has 0 aliphatic heterocycles. The molecule has 111 heavy (non-hydrogen) atoms. The molecular weight excluding hydrogens is 1350 g/mol. The van der Waals surface area contributed by atoms with Gasteiger partial charge in [0.1, 0.15) is 33.5 Å². The average Bonchev–Trinajstić information content (AvgIpc) is 0.940. The number of fused-ring (bicyclic) bond motifs is 18. The summed E-state index contributed by atoms with van der Waals surface area (Å²) in [7, 11) is 0. The summed E-state index contributed by atoms with van der Waals surface area (Å²) in [6.07, 6.45) is 0. The minimum absolute atomic E-state index is 0.0154. The van der Waals surface area contributed by atoms with Gasteiger partial charge in [0, 0.05) is 43.4 Å². The van der Waals surface area contributed by atoms with Crippen molar-refractivity contribution in [3.8, 4) is 66.8 Å². The molecule has 24 rings (SSSR count). The Morgan fingerprint density at radius 2 is 0.523 bits per heavy atom. The second-order valence-corrected chi connectivity index (χ2v) is 25.6. The fraction of sp³-hybridized carbons (Fsp3) is 0. The zero-order chi connectivity index (χ0) is 112. The van der Waals surface area contributed by atoms with Crippen molar-refractivity contribution in [2.24, 2.45) is 0 Å². The summed E-state index contributed by atoms with van der Waals surface area (Å²) in [5.74, 6) is 0. The molecule has 3 heterocycles. The molecule has 0 aliphatic carbocycles. The highest BCUT2D eigenvalue weighted by atomic mass is 16.3. The fourth-order valence-electron chi connectivity index (χ4n) is 15.1. The summed E-state index contributed by atoms with van der Waals surface area (Å²) >= 11 is 0. The Bertz CT molecular complexity index is 10600. The second-order valence-electron chi connectivity index (χ2n) is 25.6. The number of hydrogen-bond acceptors (Lipinski definition) is 3. The van der Waals surface area contributed by atoms with Crippen LogP contribution < -0.4 is 0 Å². The first-order valence-electron chi connectivity index (χ1n) is 56.9. The first-order chi connectivity index (χ1) is 73.8. The molecule has 0 N–H and O–H groups in total. The number of rotatable bonds is 6. The molecule has 24 aromatic rings. The van der Waals surface area contributed by atoms with Crippen molar-refractivity contribution >= 4 is 163 Å². The van der Waals surface area contributed by atoms with Crippen molar-refractivity contribution in [1.82, 2.24) is 0 Å². The molecule has 0 radical (unpaired) electrons. The first-order valence-corrected chi connectivity index (χ1v) is 34.4. The van der Waals surface area contributed by atoms with E-state index in [-0.39, 0.29) is 109 Å². The van der Waals surface area contributed by atoms with Crippen molar-refractivity contribution in [3.63, 3.8) is 0 Å². The van der Waals surface area contributed by atoms with E-state index < -0.39 is 321 Å². The molecule has 0 spiro atoms. The van der Waals surface area contributed by atoms with E-state index in [2.05, 4.69) is 0 Å². The van der Waals surface area contributed by atoms with Crippen molar-refractivity contribution < 1.29 is 74.9 Å². The third kappa shape index (κ3) is 10.4. The Hall–Kier alpha value is -14.6. The Labute approximate surface area is 702 Å². The highest BCUT2D eigenvalue weighted by molar-refractivity contribution is 6.29. The van der Waals surface area contributed by atoms with Crippen LogP contribution >= 0.6 is 0 Å². The van der Waals surface area contributed by atoms with E-state index in [1.807, 2.05) is 24.3 Å². The van der Waals surface area contributed by atoms with Gasteiger partial charge < -0.3 is 13.3 Å². The molecule has 0 aliphatic rings. The van der Waals surface area contributed by atoms with Crippen LogP contribution in [0.1, 0.15) is 61.7 Å². The smallest absolute Gasteiger partial charge is 0.143 e. The van der Waals surface area contributed by atoms with Crippen LogP contribution in [0.15, 0.2) is 413 Å². The van der Waals surface area contributed by atoms with Gasteiger partial charge in [-0.3, -0.25) is 0 Å². The molecule has 516 valence electrons. The van der Waals surface area contributed by atoms with Crippen molar-refractivity contribution in [1.29, 1.82) is 0 Å². The van der Waals surface area contributed by atoms with Gasteiger partial charge in [-0.05, 0) is 201 Å². The van der Waals surface area contributed by atoms with Crippen molar-refractivity contribution in [2.45, 2.75) is 0 Å². The van der Waals surface area contributed by atoms with Gasteiger partial charge in [-0.15, -0.1) is 0 Å². The van der Waals surface area contributed by atoms with E-state index >= 15 is 0 Å². The maximum atomic E-state index is 9.36. The fourth-order valence-corrected chi connectivity index (χ4v) is 15.1. The van der Waals surface area contributed by atoms with E-state index in [4.69, 9.17) is 54.4 Å². The van der Waals surface area contributed by atoms with Crippen LogP contribution in [0.5, 0.6) is 0 Å². The standard InChI is InChI=1S/3C36H22O/c1-2-13-24-23(11-1)12-9-19-26(24)34-27-15-3-5-17-29(27)35(30-18-6-4-16-28(30)34)32-21-10-20-31-25-14-7-8-22-33(25)37-36(31)32;1-2-11-24-22-25(21-20-23(24)10-1)34-26-12-3-5-14-28(26)35(29-15-6-4-13-27(29)34)31-17-9-19-33-36(31)30-16-7-8-18-32(30)37-33;1-2-10-24-21-25(18-17-23(24)9-1)35-28-12-3-5-14-30(28)36(31-15-6-4-13-29(31)35)26-19-20-34-32(22-26)27-11-7-8-16-33(27)37-34/h3*1-22H/i1D,2D,3D,4D,5D,6D,9D,11D,12D,13D,15D,16D,17D,18D,19D;1D,2D,3D,4D,5D,6D,10D,11D,12D,13D,14D,15D,20D,21D,22D;1D,2D,3D,4D,5D,6D,9D,10D,12D,13D,14D,15D,17D,18D,21D. The summed E-state index contributed by atoms with van der Waals surface area (Å²) < 4.78 is 417.